The lowest BCUT2D eigenvalue weighted by Gasteiger charge is -2.29. The molecule has 1 amide bonds. The molecule has 2 atom stereocenters. The number of methoxy groups -OCH3 is 3. The van der Waals surface area contributed by atoms with Crippen molar-refractivity contribution in [3.8, 4) is 17.2 Å². The van der Waals surface area contributed by atoms with E-state index in [9.17, 15) is 9.59 Å². The topological polar surface area (TPSA) is 65.1 Å². The van der Waals surface area contributed by atoms with Crippen molar-refractivity contribution < 1.29 is 23.8 Å². The van der Waals surface area contributed by atoms with Gasteiger partial charge in [0.25, 0.3) is 0 Å². The zero-order valence-electron chi connectivity index (χ0n) is 20.3. The Bertz CT molecular complexity index is 1090. The summed E-state index contributed by atoms with van der Waals surface area (Å²) in [6, 6.07) is 21.8. The molecule has 0 spiro atoms. The summed E-state index contributed by atoms with van der Waals surface area (Å²) >= 11 is 0. The number of nitrogens with zero attached hydrogens (tertiary/aromatic N) is 1. The molecular weight excluding hydrogens is 430 g/mol. The molecule has 0 radical (unpaired) electrons. The van der Waals surface area contributed by atoms with Crippen LogP contribution in [-0.4, -0.2) is 51.0 Å². The summed E-state index contributed by atoms with van der Waals surface area (Å²) in [6.45, 7) is 1.75. The van der Waals surface area contributed by atoms with Gasteiger partial charge in [0.1, 0.15) is 0 Å². The summed E-state index contributed by atoms with van der Waals surface area (Å²) in [5.74, 6) is 0.556. The highest BCUT2D eigenvalue weighted by Crippen LogP contribution is 2.41. The normalized spacial score (nSPS) is 12.4. The molecule has 0 saturated carbocycles. The maximum Gasteiger partial charge on any atom is 0.230 e. The van der Waals surface area contributed by atoms with Crippen molar-refractivity contribution in [3.63, 3.8) is 0 Å². The Morgan fingerprint density at radius 2 is 1.35 bits per heavy atom. The van der Waals surface area contributed by atoms with Gasteiger partial charge in [0.15, 0.2) is 17.3 Å². The fourth-order valence-corrected chi connectivity index (χ4v) is 3.96. The molecule has 0 aliphatic carbocycles. The van der Waals surface area contributed by atoms with E-state index in [1.54, 1.807) is 52.5 Å². The molecule has 0 bridgehead atoms. The van der Waals surface area contributed by atoms with E-state index in [2.05, 4.69) is 0 Å². The maximum absolute atomic E-state index is 13.8. The lowest BCUT2D eigenvalue weighted by atomic mass is 9.89. The molecule has 0 saturated heterocycles. The second-order valence-electron chi connectivity index (χ2n) is 8.06. The largest absolute Gasteiger partial charge is 0.493 e. The van der Waals surface area contributed by atoms with Crippen LogP contribution < -0.4 is 14.2 Å². The van der Waals surface area contributed by atoms with Gasteiger partial charge in [0.2, 0.25) is 11.7 Å². The predicted molar refractivity (Wildman–Crippen MR) is 132 cm³/mol. The Morgan fingerprint density at radius 1 is 0.824 bits per heavy atom. The quantitative estimate of drug-likeness (QED) is 0.407. The first-order valence-corrected chi connectivity index (χ1v) is 11.1. The Hall–Kier alpha value is -3.80. The van der Waals surface area contributed by atoms with E-state index >= 15 is 0 Å². The van der Waals surface area contributed by atoms with E-state index < -0.39 is 12.0 Å². The average molecular weight is 462 g/mol. The number of carbonyl (C=O) groups excluding carboxylic acids is 2. The number of likely N-dealkylation sites (N-methyl/N-ethyl adjacent to an activating group) is 1. The monoisotopic (exact) mass is 461 g/mol. The van der Waals surface area contributed by atoms with Gasteiger partial charge in [-0.15, -0.1) is 0 Å². The molecule has 178 valence electrons. The summed E-state index contributed by atoms with van der Waals surface area (Å²) in [5.41, 5.74) is 2.29. The number of amides is 1. The Balaban J connectivity index is 2.01. The number of Topliss-reactive ketones (excluding diaryl/α,β-unsaturated/α-hetero) is 1. The van der Waals surface area contributed by atoms with Crippen molar-refractivity contribution in [1.82, 2.24) is 4.90 Å². The number of hydrogen-bond acceptors (Lipinski definition) is 5. The van der Waals surface area contributed by atoms with Gasteiger partial charge >= 0.3 is 0 Å². The van der Waals surface area contributed by atoms with Crippen LogP contribution in [0, 0.1) is 0 Å². The number of carbonyl (C=O) groups is 2. The molecule has 0 fully saturated rings. The van der Waals surface area contributed by atoms with Crippen LogP contribution >= 0.6 is 0 Å². The van der Waals surface area contributed by atoms with Crippen molar-refractivity contribution in [3.05, 3.63) is 89.5 Å². The zero-order chi connectivity index (χ0) is 24.7. The van der Waals surface area contributed by atoms with Gasteiger partial charge in [-0.05, 0) is 36.6 Å². The lowest BCUT2D eigenvalue weighted by molar-refractivity contribution is -0.132. The van der Waals surface area contributed by atoms with Gasteiger partial charge in [-0.2, -0.15) is 0 Å². The van der Waals surface area contributed by atoms with Crippen molar-refractivity contribution in [2.24, 2.45) is 0 Å². The molecule has 6 heteroatoms. The highest BCUT2D eigenvalue weighted by Gasteiger charge is 2.31. The first-order chi connectivity index (χ1) is 16.4. The van der Waals surface area contributed by atoms with E-state index in [4.69, 9.17) is 14.2 Å². The molecule has 0 aliphatic rings. The Morgan fingerprint density at radius 3 is 1.85 bits per heavy atom. The molecule has 34 heavy (non-hydrogen) atoms. The summed E-state index contributed by atoms with van der Waals surface area (Å²) in [5, 5.41) is 0. The minimum Gasteiger partial charge on any atom is -0.493 e. The highest BCUT2D eigenvalue weighted by molar-refractivity contribution is 6.02. The van der Waals surface area contributed by atoms with Crippen LogP contribution in [0.3, 0.4) is 0 Å². The molecule has 0 N–H and O–H groups in total. The van der Waals surface area contributed by atoms with Gasteiger partial charge in [-0.25, -0.2) is 0 Å². The number of ether oxygens (including phenoxy) is 3. The van der Waals surface area contributed by atoms with E-state index in [0.717, 1.165) is 11.1 Å². The predicted octanol–water partition coefficient (Wildman–Crippen LogP) is 4.77. The fourth-order valence-electron chi connectivity index (χ4n) is 3.96. The van der Waals surface area contributed by atoms with Crippen LogP contribution in [0.15, 0.2) is 72.8 Å². The van der Waals surface area contributed by atoms with Crippen molar-refractivity contribution in [2.45, 2.75) is 25.3 Å². The second-order valence-corrected chi connectivity index (χ2v) is 8.06. The average Bonchev–Trinajstić information content (AvgIpc) is 2.90. The first kappa shape index (κ1) is 24.8. The second kappa shape index (κ2) is 11.4. The summed E-state index contributed by atoms with van der Waals surface area (Å²) < 4.78 is 16.5. The van der Waals surface area contributed by atoms with Crippen LogP contribution in [-0.2, 0) is 11.2 Å². The Labute approximate surface area is 201 Å². The minimum absolute atomic E-state index is 0.111. The smallest absolute Gasteiger partial charge is 0.230 e. The third-order valence-electron chi connectivity index (χ3n) is 6.04. The Kier molecular flexibility index (Phi) is 8.30. The van der Waals surface area contributed by atoms with Crippen LogP contribution in [0.1, 0.15) is 34.3 Å². The first-order valence-electron chi connectivity index (χ1n) is 11.1. The van der Waals surface area contributed by atoms with Gasteiger partial charge in [-0.1, -0.05) is 60.7 Å². The van der Waals surface area contributed by atoms with Crippen LogP contribution in [0.5, 0.6) is 17.2 Å². The van der Waals surface area contributed by atoms with Crippen LogP contribution in [0.25, 0.3) is 0 Å². The standard InChI is InChI=1S/C28H31NO5/c1-19(26(30)21-14-10-7-11-15-21)29(2)28(31)23(16-20-12-8-6-9-13-20)22-17-24(32-3)27(34-5)25(18-22)33-4/h6-15,17-19,23H,16H2,1-5H3/t19-,23-/m0/s1. The molecular formula is C28H31NO5. The number of hydrogen-bond donors (Lipinski definition) is 0. The van der Waals surface area contributed by atoms with Crippen molar-refractivity contribution in [1.29, 1.82) is 0 Å². The van der Waals surface area contributed by atoms with E-state index in [1.165, 1.54) is 12.0 Å². The molecule has 3 aromatic carbocycles. The van der Waals surface area contributed by atoms with Crippen LogP contribution in [0.2, 0.25) is 0 Å². The third kappa shape index (κ3) is 5.39. The zero-order valence-corrected chi connectivity index (χ0v) is 20.3. The summed E-state index contributed by atoms with van der Waals surface area (Å²) in [4.78, 5) is 28.4. The lowest BCUT2D eigenvalue weighted by Crippen LogP contribution is -2.43. The highest BCUT2D eigenvalue weighted by atomic mass is 16.5. The van der Waals surface area contributed by atoms with E-state index in [-0.39, 0.29) is 11.7 Å². The molecule has 3 aromatic rings. The molecule has 0 aromatic heterocycles. The van der Waals surface area contributed by atoms with Gasteiger partial charge < -0.3 is 19.1 Å². The van der Waals surface area contributed by atoms with Crippen molar-refractivity contribution in [2.75, 3.05) is 28.4 Å². The molecule has 0 aliphatic heterocycles. The van der Waals surface area contributed by atoms with E-state index in [1.807, 2.05) is 48.5 Å². The third-order valence-corrected chi connectivity index (χ3v) is 6.04. The van der Waals surface area contributed by atoms with Gasteiger partial charge in [0.05, 0.1) is 33.3 Å². The maximum atomic E-state index is 13.8. The summed E-state index contributed by atoms with van der Waals surface area (Å²) in [6.07, 6.45) is 0.453. The number of benzene rings is 3. The van der Waals surface area contributed by atoms with Crippen molar-refractivity contribution >= 4 is 11.7 Å². The number of ketones is 1. The molecule has 6 nitrogen and oxygen atoms in total. The number of rotatable bonds is 10. The molecule has 0 heterocycles. The molecule has 0 unspecified atom stereocenters. The van der Waals surface area contributed by atoms with Gasteiger partial charge in [0, 0.05) is 12.6 Å². The van der Waals surface area contributed by atoms with Gasteiger partial charge in [-0.3, -0.25) is 9.59 Å². The van der Waals surface area contributed by atoms with Crippen LogP contribution in [0.4, 0.5) is 0 Å². The summed E-state index contributed by atoms with van der Waals surface area (Å²) in [7, 11) is 6.30. The minimum atomic E-state index is -0.629. The fraction of sp³-hybridized carbons (Fsp3) is 0.286. The van der Waals surface area contributed by atoms with E-state index in [0.29, 0.717) is 29.2 Å². The molecule has 3 rings (SSSR count). The SMILES string of the molecule is COc1cc([C@H](Cc2ccccc2)C(=O)N(C)[C@@H](C)C(=O)c2ccccc2)cc(OC)c1OC.